The number of anilines is 1. The standard InChI is InChI=1S/C23H27ClN2O/c1-27-16-17-9-11-23(12-10-17)14-19-6-2-3-8-21(19)26-22(23)25-15-18-5-4-7-20(24)13-18/h2-8,13,17H,9-12,14-16H2,1H3,(H,25,26). The first-order valence-corrected chi connectivity index (χ1v) is 10.2. The Morgan fingerprint density at radius 2 is 1.96 bits per heavy atom. The fraction of sp³-hybridized carbons (Fsp3) is 0.435. The van der Waals surface area contributed by atoms with Crippen molar-refractivity contribution in [1.82, 2.24) is 0 Å². The molecule has 1 saturated carbocycles. The van der Waals surface area contributed by atoms with Crippen molar-refractivity contribution in [2.24, 2.45) is 16.3 Å². The number of nitrogens with one attached hydrogen (secondary N) is 1. The van der Waals surface area contributed by atoms with Crippen LogP contribution in [-0.4, -0.2) is 19.6 Å². The Hall–Kier alpha value is -1.84. The summed E-state index contributed by atoms with van der Waals surface area (Å²) in [4.78, 5) is 5.06. The highest BCUT2D eigenvalue weighted by Crippen LogP contribution is 2.46. The lowest BCUT2D eigenvalue weighted by Gasteiger charge is -2.44. The van der Waals surface area contributed by atoms with E-state index in [1.165, 1.54) is 24.1 Å². The molecule has 2 aromatic carbocycles. The van der Waals surface area contributed by atoms with Gasteiger partial charge >= 0.3 is 0 Å². The summed E-state index contributed by atoms with van der Waals surface area (Å²) in [7, 11) is 1.81. The number of methoxy groups -OCH3 is 1. The number of hydrogen-bond acceptors (Lipinski definition) is 2. The minimum atomic E-state index is 0.122. The third-order valence-corrected chi connectivity index (χ3v) is 6.31. The Labute approximate surface area is 166 Å². The topological polar surface area (TPSA) is 33.6 Å². The highest BCUT2D eigenvalue weighted by molar-refractivity contribution is 6.30. The van der Waals surface area contributed by atoms with E-state index in [2.05, 4.69) is 35.6 Å². The minimum Gasteiger partial charge on any atom is -0.384 e. The van der Waals surface area contributed by atoms with Crippen LogP contribution in [0.2, 0.25) is 5.02 Å². The highest BCUT2D eigenvalue weighted by Gasteiger charge is 2.42. The van der Waals surface area contributed by atoms with E-state index < -0.39 is 0 Å². The van der Waals surface area contributed by atoms with Gasteiger partial charge in [0.15, 0.2) is 0 Å². The summed E-state index contributed by atoms with van der Waals surface area (Å²) in [6.07, 6.45) is 5.81. The Kier molecular flexibility index (Phi) is 5.51. The van der Waals surface area contributed by atoms with Crippen LogP contribution in [-0.2, 0) is 17.7 Å². The molecule has 1 heterocycles. The van der Waals surface area contributed by atoms with Gasteiger partial charge in [-0.1, -0.05) is 41.9 Å². The molecule has 1 aliphatic carbocycles. The molecule has 0 bridgehead atoms. The van der Waals surface area contributed by atoms with Crippen LogP contribution in [0.1, 0.15) is 36.8 Å². The summed E-state index contributed by atoms with van der Waals surface area (Å²) in [6.45, 7) is 1.53. The van der Waals surface area contributed by atoms with Crippen molar-refractivity contribution >= 4 is 23.1 Å². The van der Waals surface area contributed by atoms with Gasteiger partial charge < -0.3 is 10.1 Å². The number of aliphatic imine (C=N–C) groups is 1. The number of amidine groups is 1. The maximum absolute atomic E-state index is 6.15. The van der Waals surface area contributed by atoms with Gasteiger partial charge in [0.05, 0.1) is 6.54 Å². The molecule has 4 rings (SSSR count). The van der Waals surface area contributed by atoms with Gasteiger partial charge in [0, 0.05) is 29.8 Å². The normalized spacial score (nSPS) is 26.0. The van der Waals surface area contributed by atoms with Crippen molar-refractivity contribution in [3.05, 3.63) is 64.7 Å². The number of hydrogen-bond donors (Lipinski definition) is 1. The quantitative estimate of drug-likeness (QED) is 0.732. The lowest BCUT2D eigenvalue weighted by atomic mass is 9.65. The van der Waals surface area contributed by atoms with Crippen LogP contribution < -0.4 is 5.32 Å². The molecule has 3 nitrogen and oxygen atoms in total. The second-order valence-corrected chi connectivity index (χ2v) is 8.37. The van der Waals surface area contributed by atoms with Crippen molar-refractivity contribution in [2.45, 2.75) is 38.6 Å². The molecule has 0 saturated heterocycles. The molecular formula is C23H27ClN2O. The third-order valence-electron chi connectivity index (χ3n) is 6.08. The number of para-hydroxylation sites is 1. The molecule has 0 unspecified atom stereocenters. The van der Waals surface area contributed by atoms with Crippen LogP contribution in [0.4, 0.5) is 5.69 Å². The molecule has 0 atom stereocenters. The summed E-state index contributed by atoms with van der Waals surface area (Å²) in [5.41, 5.74) is 3.88. The number of halogens is 1. The van der Waals surface area contributed by atoms with Crippen LogP contribution in [0.15, 0.2) is 53.5 Å². The summed E-state index contributed by atoms with van der Waals surface area (Å²) in [5.74, 6) is 1.82. The van der Waals surface area contributed by atoms with Gasteiger partial charge in [0.2, 0.25) is 0 Å². The fourth-order valence-corrected chi connectivity index (χ4v) is 4.78. The Balaban J connectivity index is 1.61. The van der Waals surface area contributed by atoms with Gasteiger partial charge in [-0.2, -0.15) is 0 Å². The number of nitrogens with zero attached hydrogens (tertiary/aromatic N) is 1. The molecule has 4 heteroatoms. The van der Waals surface area contributed by atoms with Crippen LogP contribution in [0.5, 0.6) is 0 Å². The fourth-order valence-electron chi connectivity index (χ4n) is 4.56. The number of fused-ring (bicyclic) bond motifs is 1. The van der Waals surface area contributed by atoms with E-state index in [1.54, 1.807) is 7.11 Å². The van der Waals surface area contributed by atoms with Crippen molar-refractivity contribution in [2.75, 3.05) is 19.0 Å². The van der Waals surface area contributed by atoms with Gasteiger partial charge in [-0.3, -0.25) is 4.99 Å². The molecule has 1 N–H and O–H groups in total. The van der Waals surface area contributed by atoms with Gasteiger partial charge in [-0.25, -0.2) is 0 Å². The van der Waals surface area contributed by atoms with Crippen LogP contribution in [0, 0.1) is 11.3 Å². The van der Waals surface area contributed by atoms with Crippen molar-refractivity contribution in [3.8, 4) is 0 Å². The first-order chi connectivity index (χ1) is 13.2. The van der Waals surface area contributed by atoms with Crippen LogP contribution in [0.25, 0.3) is 0 Å². The van der Waals surface area contributed by atoms with Gasteiger partial charge in [0.1, 0.15) is 5.84 Å². The molecule has 142 valence electrons. The summed E-state index contributed by atoms with van der Waals surface area (Å²) in [5, 5.41) is 4.44. The van der Waals surface area contributed by atoms with E-state index in [0.717, 1.165) is 42.3 Å². The lowest BCUT2D eigenvalue weighted by Crippen LogP contribution is -2.45. The lowest BCUT2D eigenvalue weighted by molar-refractivity contribution is 0.107. The Bertz CT molecular complexity index is 825. The van der Waals surface area contributed by atoms with Crippen molar-refractivity contribution < 1.29 is 4.74 Å². The number of ether oxygens (including phenoxy) is 1. The zero-order valence-corrected chi connectivity index (χ0v) is 16.6. The second kappa shape index (κ2) is 8.04. The zero-order chi connectivity index (χ0) is 18.7. The van der Waals surface area contributed by atoms with E-state index in [0.29, 0.717) is 12.5 Å². The monoisotopic (exact) mass is 382 g/mol. The maximum Gasteiger partial charge on any atom is 0.108 e. The molecule has 0 aromatic heterocycles. The van der Waals surface area contributed by atoms with Gasteiger partial charge in [-0.15, -0.1) is 0 Å². The molecule has 1 spiro atoms. The molecular weight excluding hydrogens is 356 g/mol. The third kappa shape index (κ3) is 4.04. The minimum absolute atomic E-state index is 0.122. The first-order valence-electron chi connectivity index (χ1n) is 9.82. The van der Waals surface area contributed by atoms with E-state index in [4.69, 9.17) is 21.3 Å². The molecule has 0 amide bonds. The Morgan fingerprint density at radius 3 is 2.74 bits per heavy atom. The number of benzene rings is 2. The summed E-state index contributed by atoms with van der Waals surface area (Å²) in [6, 6.07) is 16.6. The average molecular weight is 383 g/mol. The van der Waals surface area contributed by atoms with E-state index >= 15 is 0 Å². The maximum atomic E-state index is 6.15. The van der Waals surface area contributed by atoms with Crippen molar-refractivity contribution in [1.29, 1.82) is 0 Å². The van der Waals surface area contributed by atoms with Gasteiger partial charge in [-0.05, 0) is 67.3 Å². The molecule has 27 heavy (non-hydrogen) atoms. The summed E-state index contributed by atoms with van der Waals surface area (Å²) < 4.78 is 5.40. The molecule has 2 aromatic rings. The predicted molar refractivity (Wildman–Crippen MR) is 113 cm³/mol. The van der Waals surface area contributed by atoms with Crippen LogP contribution in [0.3, 0.4) is 0 Å². The molecule has 2 aliphatic rings. The molecule has 1 fully saturated rings. The molecule has 1 aliphatic heterocycles. The smallest absolute Gasteiger partial charge is 0.108 e. The van der Waals surface area contributed by atoms with E-state index in [-0.39, 0.29) is 5.41 Å². The molecule has 0 radical (unpaired) electrons. The average Bonchev–Trinajstić information content (AvgIpc) is 2.68. The predicted octanol–water partition coefficient (Wildman–Crippen LogP) is 5.73. The van der Waals surface area contributed by atoms with E-state index in [9.17, 15) is 0 Å². The zero-order valence-electron chi connectivity index (χ0n) is 15.9. The largest absolute Gasteiger partial charge is 0.384 e. The SMILES string of the molecule is COCC1CCC2(CC1)Cc1ccccc1NC2=NCc1cccc(Cl)c1. The Morgan fingerprint density at radius 1 is 1.15 bits per heavy atom. The van der Waals surface area contributed by atoms with E-state index in [1.807, 2.05) is 18.2 Å². The number of rotatable bonds is 4. The second-order valence-electron chi connectivity index (χ2n) is 7.93. The van der Waals surface area contributed by atoms with Crippen LogP contribution >= 0.6 is 11.6 Å². The first kappa shape index (κ1) is 18.5. The highest BCUT2D eigenvalue weighted by atomic mass is 35.5. The summed E-state index contributed by atoms with van der Waals surface area (Å²) >= 11 is 6.15. The van der Waals surface area contributed by atoms with Crippen molar-refractivity contribution in [3.63, 3.8) is 0 Å². The van der Waals surface area contributed by atoms with Gasteiger partial charge in [0.25, 0.3) is 0 Å².